The molecule has 0 spiro atoms. The third-order valence-corrected chi connectivity index (χ3v) is 6.64. The lowest BCUT2D eigenvalue weighted by Gasteiger charge is -2.49. The van der Waals surface area contributed by atoms with Crippen LogP contribution in [0.4, 0.5) is 11.4 Å². The maximum atomic E-state index is 13.3. The molecule has 1 saturated heterocycles. The number of carbonyl (C=O) groups is 1. The van der Waals surface area contributed by atoms with Crippen LogP contribution in [0.15, 0.2) is 84.9 Å². The van der Waals surface area contributed by atoms with Crippen LogP contribution in [-0.2, 0) is 17.6 Å². The highest BCUT2D eigenvalue weighted by Crippen LogP contribution is 2.36. The molecule has 1 amide bonds. The molecule has 4 heteroatoms. The molecule has 0 saturated carbocycles. The van der Waals surface area contributed by atoms with E-state index in [4.69, 9.17) is 0 Å². The zero-order valence-electron chi connectivity index (χ0n) is 17.8. The Bertz CT molecular complexity index is 1020. The average Bonchev–Trinajstić information content (AvgIpc) is 2.84. The van der Waals surface area contributed by atoms with Crippen LogP contribution < -0.4 is 15.1 Å². The van der Waals surface area contributed by atoms with Gasteiger partial charge in [0, 0.05) is 37.6 Å². The number of fused-ring (bicyclic) bond motifs is 3. The minimum atomic E-state index is -0.0443. The fraction of sp³-hybridized carbons (Fsp3) is 0.296. The van der Waals surface area contributed by atoms with Gasteiger partial charge in [0.2, 0.25) is 5.91 Å². The van der Waals surface area contributed by atoms with Gasteiger partial charge >= 0.3 is 0 Å². The number of amides is 1. The highest BCUT2D eigenvalue weighted by atomic mass is 16.1. The summed E-state index contributed by atoms with van der Waals surface area (Å²) in [4.78, 5) is 18.2. The topological polar surface area (TPSA) is 35.6 Å². The molecule has 0 radical (unpaired) electrons. The normalized spacial score (nSPS) is 20.0. The van der Waals surface area contributed by atoms with Gasteiger partial charge in [0.15, 0.2) is 0 Å². The number of hydrogen-bond acceptors (Lipinski definition) is 3. The minimum Gasteiger partial charge on any atom is -0.368 e. The fourth-order valence-electron chi connectivity index (χ4n) is 5.04. The quantitative estimate of drug-likeness (QED) is 0.691. The van der Waals surface area contributed by atoms with Gasteiger partial charge in [-0.2, -0.15) is 0 Å². The van der Waals surface area contributed by atoms with Gasteiger partial charge in [0.05, 0.1) is 12.0 Å². The van der Waals surface area contributed by atoms with E-state index in [9.17, 15) is 4.79 Å². The molecule has 2 heterocycles. The van der Waals surface area contributed by atoms with Gasteiger partial charge in [-0.15, -0.1) is 0 Å². The lowest BCUT2D eigenvalue weighted by atomic mass is 9.83. The summed E-state index contributed by atoms with van der Waals surface area (Å²) < 4.78 is 0. The van der Waals surface area contributed by atoms with Crippen molar-refractivity contribution in [3.05, 3.63) is 96.1 Å². The van der Waals surface area contributed by atoms with E-state index in [2.05, 4.69) is 81.8 Å². The zero-order valence-corrected chi connectivity index (χ0v) is 17.8. The summed E-state index contributed by atoms with van der Waals surface area (Å²) in [5.74, 6) is 0.132. The lowest BCUT2D eigenvalue weighted by molar-refractivity contribution is -0.125. The SMILES string of the molecule is O=C(NCCc1ccccc1)C1Cc2ccccc2N2CCN(c3ccccc3)CC12. The van der Waals surface area contributed by atoms with Crippen LogP contribution in [0.5, 0.6) is 0 Å². The smallest absolute Gasteiger partial charge is 0.225 e. The predicted octanol–water partition coefficient (Wildman–Crippen LogP) is 3.91. The van der Waals surface area contributed by atoms with E-state index in [1.807, 2.05) is 18.2 Å². The molecular weight excluding hydrogens is 382 g/mol. The van der Waals surface area contributed by atoms with Gasteiger partial charge in [-0.1, -0.05) is 66.7 Å². The molecule has 2 aliphatic heterocycles. The zero-order chi connectivity index (χ0) is 21.0. The van der Waals surface area contributed by atoms with Gasteiger partial charge in [-0.25, -0.2) is 0 Å². The van der Waals surface area contributed by atoms with Crippen LogP contribution in [-0.4, -0.2) is 38.1 Å². The molecule has 31 heavy (non-hydrogen) atoms. The van der Waals surface area contributed by atoms with Crippen LogP contribution in [0.25, 0.3) is 0 Å². The van der Waals surface area contributed by atoms with Gasteiger partial charge in [-0.05, 0) is 42.2 Å². The first kappa shape index (κ1) is 19.7. The van der Waals surface area contributed by atoms with Gasteiger partial charge in [-0.3, -0.25) is 4.79 Å². The summed E-state index contributed by atoms with van der Waals surface area (Å²) in [6, 6.07) is 29.7. The Hall–Kier alpha value is -3.27. The van der Waals surface area contributed by atoms with Crippen molar-refractivity contribution >= 4 is 17.3 Å². The van der Waals surface area contributed by atoms with Gasteiger partial charge in [0.25, 0.3) is 0 Å². The number of para-hydroxylation sites is 2. The number of nitrogens with zero attached hydrogens (tertiary/aromatic N) is 2. The first-order chi connectivity index (χ1) is 15.3. The maximum absolute atomic E-state index is 13.3. The van der Waals surface area contributed by atoms with E-state index in [0.29, 0.717) is 6.54 Å². The average molecular weight is 412 g/mol. The minimum absolute atomic E-state index is 0.0443. The molecule has 4 nitrogen and oxygen atoms in total. The Morgan fingerprint density at radius 2 is 1.58 bits per heavy atom. The summed E-state index contributed by atoms with van der Waals surface area (Å²) >= 11 is 0. The molecule has 1 fully saturated rings. The molecule has 5 rings (SSSR count). The Morgan fingerprint density at radius 3 is 2.39 bits per heavy atom. The molecule has 2 aliphatic rings. The molecule has 0 bridgehead atoms. The maximum Gasteiger partial charge on any atom is 0.225 e. The Labute approximate surface area is 184 Å². The molecule has 0 aromatic heterocycles. The number of rotatable bonds is 5. The largest absolute Gasteiger partial charge is 0.368 e. The standard InChI is InChI=1S/C27H29N3O/c31-27(28-16-15-21-9-3-1-4-10-21)24-19-22-11-7-8-14-25(22)30-18-17-29(20-26(24)30)23-12-5-2-6-13-23/h1-14,24,26H,15-20H2,(H,28,31). The monoisotopic (exact) mass is 411 g/mol. The van der Waals surface area contributed by atoms with Crippen molar-refractivity contribution in [2.45, 2.75) is 18.9 Å². The first-order valence-corrected chi connectivity index (χ1v) is 11.3. The van der Waals surface area contributed by atoms with E-state index in [1.54, 1.807) is 0 Å². The van der Waals surface area contributed by atoms with E-state index >= 15 is 0 Å². The van der Waals surface area contributed by atoms with Crippen molar-refractivity contribution in [3.63, 3.8) is 0 Å². The number of benzene rings is 3. The summed E-state index contributed by atoms with van der Waals surface area (Å²) in [6.07, 6.45) is 1.66. The second-order valence-corrected chi connectivity index (χ2v) is 8.51. The second-order valence-electron chi connectivity index (χ2n) is 8.51. The van der Waals surface area contributed by atoms with E-state index in [1.165, 1.54) is 22.5 Å². The highest BCUT2D eigenvalue weighted by molar-refractivity contribution is 5.82. The van der Waals surface area contributed by atoms with Gasteiger partial charge in [0.1, 0.15) is 0 Å². The van der Waals surface area contributed by atoms with Crippen LogP contribution in [0.1, 0.15) is 11.1 Å². The first-order valence-electron chi connectivity index (χ1n) is 11.3. The van der Waals surface area contributed by atoms with Crippen LogP contribution in [0, 0.1) is 5.92 Å². The second kappa shape index (κ2) is 8.84. The highest BCUT2D eigenvalue weighted by Gasteiger charge is 2.41. The Balaban J connectivity index is 1.34. The van der Waals surface area contributed by atoms with E-state index in [-0.39, 0.29) is 17.9 Å². The van der Waals surface area contributed by atoms with Crippen molar-refractivity contribution in [2.75, 3.05) is 36.0 Å². The van der Waals surface area contributed by atoms with Crippen molar-refractivity contribution in [1.29, 1.82) is 0 Å². The summed E-state index contributed by atoms with van der Waals surface area (Å²) in [7, 11) is 0. The van der Waals surface area contributed by atoms with Crippen molar-refractivity contribution in [1.82, 2.24) is 5.32 Å². The number of nitrogens with one attached hydrogen (secondary N) is 1. The Kier molecular flexibility index (Phi) is 5.61. The molecule has 0 aliphatic carbocycles. The van der Waals surface area contributed by atoms with Crippen molar-refractivity contribution < 1.29 is 4.79 Å². The molecule has 1 N–H and O–H groups in total. The van der Waals surface area contributed by atoms with Crippen LogP contribution >= 0.6 is 0 Å². The number of anilines is 2. The van der Waals surface area contributed by atoms with E-state index < -0.39 is 0 Å². The Morgan fingerprint density at radius 1 is 0.871 bits per heavy atom. The van der Waals surface area contributed by atoms with Gasteiger partial charge < -0.3 is 15.1 Å². The summed E-state index contributed by atoms with van der Waals surface area (Å²) in [6.45, 7) is 3.45. The van der Waals surface area contributed by atoms with Crippen molar-refractivity contribution in [3.8, 4) is 0 Å². The molecule has 3 aromatic rings. The predicted molar refractivity (Wildman–Crippen MR) is 127 cm³/mol. The molecule has 2 unspecified atom stereocenters. The van der Waals surface area contributed by atoms with Crippen LogP contribution in [0.3, 0.4) is 0 Å². The third-order valence-electron chi connectivity index (χ3n) is 6.64. The number of piperazine rings is 1. The fourth-order valence-corrected chi connectivity index (χ4v) is 5.04. The molecule has 158 valence electrons. The number of carbonyl (C=O) groups excluding carboxylic acids is 1. The number of hydrogen-bond donors (Lipinski definition) is 1. The van der Waals surface area contributed by atoms with Crippen LogP contribution in [0.2, 0.25) is 0 Å². The summed E-state index contributed by atoms with van der Waals surface area (Å²) in [5, 5.41) is 3.24. The molecule has 3 aromatic carbocycles. The third kappa shape index (κ3) is 4.15. The summed E-state index contributed by atoms with van der Waals surface area (Å²) in [5.41, 5.74) is 5.08. The molecular formula is C27H29N3O. The van der Waals surface area contributed by atoms with Crippen molar-refractivity contribution in [2.24, 2.45) is 5.92 Å². The van der Waals surface area contributed by atoms with E-state index in [0.717, 1.165) is 32.5 Å². The lowest BCUT2D eigenvalue weighted by Crippen LogP contribution is -2.61. The molecule has 2 atom stereocenters.